The molecule has 0 N–H and O–H groups in total. The van der Waals surface area contributed by atoms with Gasteiger partial charge in [-0.2, -0.15) is 0 Å². The predicted octanol–water partition coefficient (Wildman–Crippen LogP) is 3.96. The van der Waals surface area contributed by atoms with Gasteiger partial charge in [0.1, 0.15) is 5.82 Å². The average molecular weight is 395 g/mol. The van der Waals surface area contributed by atoms with Crippen molar-refractivity contribution in [1.29, 1.82) is 0 Å². The topological polar surface area (TPSA) is 12.5 Å². The Bertz CT molecular complexity index is 453. The number of alkyl halides is 1. The van der Waals surface area contributed by atoms with Crippen molar-refractivity contribution in [3.8, 4) is 0 Å². The van der Waals surface area contributed by atoms with E-state index in [-0.39, 0.29) is 17.5 Å². The number of nitrogens with zero attached hydrogens (tertiary/aromatic N) is 1. The maximum atomic E-state index is 13.5. The zero-order valence-electron chi connectivity index (χ0n) is 11.1. The van der Waals surface area contributed by atoms with Crippen LogP contribution in [0.5, 0.6) is 0 Å². The lowest BCUT2D eigenvalue weighted by Gasteiger charge is -2.42. The van der Waals surface area contributed by atoms with Crippen molar-refractivity contribution < 1.29 is 9.13 Å². The lowest BCUT2D eigenvalue weighted by atomic mass is 10.0. The highest BCUT2D eigenvalue weighted by Crippen LogP contribution is 2.26. The van der Waals surface area contributed by atoms with E-state index < -0.39 is 0 Å². The fourth-order valence-corrected chi connectivity index (χ4v) is 3.26. The zero-order valence-corrected chi connectivity index (χ0v) is 14.3. The van der Waals surface area contributed by atoms with Gasteiger partial charge in [-0.1, -0.05) is 28.1 Å². The van der Waals surface area contributed by atoms with Crippen LogP contribution in [0.25, 0.3) is 0 Å². The van der Waals surface area contributed by atoms with E-state index in [0.29, 0.717) is 4.47 Å². The first-order chi connectivity index (χ1) is 8.91. The first-order valence-electron chi connectivity index (χ1n) is 6.30. The normalized spacial score (nSPS) is 23.5. The van der Waals surface area contributed by atoms with E-state index in [9.17, 15) is 4.39 Å². The van der Waals surface area contributed by atoms with Crippen molar-refractivity contribution in [3.63, 3.8) is 0 Å². The number of halogens is 3. The third-order valence-corrected chi connectivity index (χ3v) is 4.76. The number of ether oxygens (including phenoxy) is 1. The zero-order chi connectivity index (χ0) is 14.0. The molecule has 19 heavy (non-hydrogen) atoms. The van der Waals surface area contributed by atoms with Gasteiger partial charge in [-0.3, -0.25) is 4.90 Å². The molecule has 5 heteroatoms. The first-order valence-corrected chi connectivity index (χ1v) is 8.22. The molecule has 106 valence electrons. The highest BCUT2D eigenvalue weighted by molar-refractivity contribution is 9.10. The molecule has 0 amide bonds. The van der Waals surface area contributed by atoms with Crippen LogP contribution in [0.15, 0.2) is 22.7 Å². The van der Waals surface area contributed by atoms with E-state index in [4.69, 9.17) is 4.74 Å². The van der Waals surface area contributed by atoms with Crippen LogP contribution < -0.4 is 0 Å². The molecule has 1 aromatic rings. The molecule has 2 rings (SSSR count). The molecular formula is C14H18Br2FNO. The third-order valence-electron chi connectivity index (χ3n) is 3.15. The molecule has 1 aromatic carbocycles. The summed E-state index contributed by atoms with van der Waals surface area (Å²) in [6.45, 7) is 6.62. The van der Waals surface area contributed by atoms with Gasteiger partial charge in [0.25, 0.3) is 0 Å². The number of benzene rings is 1. The van der Waals surface area contributed by atoms with Crippen molar-refractivity contribution in [2.75, 3.05) is 18.4 Å². The van der Waals surface area contributed by atoms with E-state index in [0.717, 1.165) is 30.5 Å². The van der Waals surface area contributed by atoms with Crippen LogP contribution in [-0.2, 0) is 11.3 Å². The van der Waals surface area contributed by atoms with E-state index in [1.807, 2.05) is 6.07 Å². The van der Waals surface area contributed by atoms with Crippen molar-refractivity contribution in [2.24, 2.45) is 0 Å². The van der Waals surface area contributed by atoms with Gasteiger partial charge >= 0.3 is 0 Å². The van der Waals surface area contributed by atoms with E-state index in [2.05, 4.69) is 50.6 Å². The molecule has 1 heterocycles. The van der Waals surface area contributed by atoms with Crippen molar-refractivity contribution in [3.05, 3.63) is 34.1 Å². The Morgan fingerprint density at radius 1 is 1.47 bits per heavy atom. The lowest BCUT2D eigenvalue weighted by Crippen LogP contribution is -2.52. The standard InChI is InChI=1S/C14H18Br2FNO/c1-14(2)9-18(8-11(6-15)19-14)7-10-4-3-5-12(17)13(10)16/h3-5,11H,6-9H2,1-2H3. The van der Waals surface area contributed by atoms with Crippen LogP contribution in [0.3, 0.4) is 0 Å². The van der Waals surface area contributed by atoms with E-state index >= 15 is 0 Å². The van der Waals surface area contributed by atoms with E-state index in [1.165, 1.54) is 6.07 Å². The molecule has 0 aromatic heterocycles. The Balaban J connectivity index is 2.11. The number of morpholine rings is 1. The Kier molecular flexibility index (Phi) is 5.04. The monoisotopic (exact) mass is 393 g/mol. The van der Waals surface area contributed by atoms with Crippen molar-refractivity contribution >= 4 is 31.9 Å². The molecule has 1 unspecified atom stereocenters. The van der Waals surface area contributed by atoms with E-state index in [1.54, 1.807) is 6.07 Å². The molecule has 1 atom stereocenters. The second-order valence-electron chi connectivity index (χ2n) is 5.54. The Labute approximate surface area is 130 Å². The van der Waals surface area contributed by atoms with Gasteiger partial charge in [0.15, 0.2) is 0 Å². The summed E-state index contributed by atoms with van der Waals surface area (Å²) in [5.74, 6) is -0.206. The first kappa shape index (κ1) is 15.4. The van der Waals surface area contributed by atoms with Crippen LogP contribution in [-0.4, -0.2) is 35.0 Å². The quantitative estimate of drug-likeness (QED) is 0.719. The molecule has 1 fully saturated rings. The molecular weight excluding hydrogens is 377 g/mol. The Morgan fingerprint density at radius 3 is 2.89 bits per heavy atom. The summed E-state index contributed by atoms with van der Waals surface area (Å²) in [6.07, 6.45) is 0.177. The largest absolute Gasteiger partial charge is 0.369 e. The summed E-state index contributed by atoms with van der Waals surface area (Å²) >= 11 is 6.81. The summed E-state index contributed by atoms with van der Waals surface area (Å²) in [5, 5.41) is 0.817. The Morgan fingerprint density at radius 2 is 2.21 bits per heavy atom. The SMILES string of the molecule is CC1(C)CN(Cc2cccc(F)c2Br)CC(CBr)O1. The molecule has 1 aliphatic heterocycles. The predicted molar refractivity (Wildman–Crippen MR) is 82.1 cm³/mol. The molecule has 0 spiro atoms. The second-order valence-corrected chi connectivity index (χ2v) is 6.98. The Hall–Kier alpha value is 0.0300. The van der Waals surface area contributed by atoms with Gasteiger partial charge in [0.2, 0.25) is 0 Å². The number of hydrogen-bond acceptors (Lipinski definition) is 2. The fraction of sp³-hybridized carbons (Fsp3) is 0.571. The summed E-state index contributed by atoms with van der Waals surface area (Å²) in [4.78, 5) is 2.31. The molecule has 1 saturated heterocycles. The third kappa shape index (κ3) is 4.00. The summed E-state index contributed by atoms with van der Waals surface area (Å²) in [7, 11) is 0. The number of hydrogen-bond donors (Lipinski definition) is 0. The minimum absolute atomic E-state index is 0.170. The van der Waals surface area contributed by atoms with Crippen molar-refractivity contribution in [1.82, 2.24) is 4.90 Å². The fourth-order valence-electron chi connectivity index (χ4n) is 2.53. The van der Waals surface area contributed by atoms with Crippen LogP contribution in [0.1, 0.15) is 19.4 Å². The second kappa shape index (κ2) is 6.20. The maximum Gasteiger partial charge on any atom is 0.137 e. The van der Waals surface area contributed by atoms with Gasteiger partial charge in [-0.15, -0.1) is 0 Å². The minimum Gasteiger partial charge on any atom is -0.369 e. The molecule has 1 aliphatic rings. The van der Waals surface area contributed by atoms with Gasteiger partial charge in [0, 0.05) is 25.0 Å². The molecule has 0 aliphatic carbocycles. The smallest absolute Gasteiger partial charge is 0.137 e. The molecule has 0 bridgehead atoms. The van der Waals surface area contributed by atoms with Crippen LogP contribution >= 0.6 is 31.9 Å². The summed E-state index contributed by atoms with van der Waals surface area (Å²) in [5.41, 5.74) is 0.808. The minimum atomic E-state index is -0.206. The summed E-state index contributed by atoms with van der Waals surface area (Å²) in [6, 6.07) is 5.18. The highest BCUT2D eigenvalue weighted by Gasteiger charge is 2.32. The molecule has 0 saturated carbocycles. The molecule has 0 radical (unpaired) electrons. The number of rotatable bonds is 3. The van der Waals surface area contributed by atoms with Gasteiger partial charge in [0.05, 0.1) is 16.2 Å². The van der Waals surface area contributed by atoms with Gasteiger partial charge in [-0.25, -0.2) is 4.39 Å². The van der Waals surface area contributed by atoms with Gasteiger partial charge < -0.3 is 4.74 Å². The van der Waals surface area contributed by atoms with Crippen LogP contribution in [0, 0.1) is 5.82 Å². The summed E-state index contributed by atoms with van der Waals surface area (Å²) < 4.78 is 20.1. The molecule has 2 nitrogen and oxygen atoms in total. The lowest BCUT2D eigenvalue weighted by molar-refractivity contribution is -0.128. The van der Waals surface area contributed by atoms with Crippen LogP contribution in [0.2, 0.25) is 0 Å². The highest BCUT2D eigenvalue weighted by atomic mass is 79.9. The van der Waals surface area contributed by atoms with Crippen LogP contribution in [0.4, 0.5) is 4.39 Å². The van der Waals surface area contributed by atoms with Crippen molar-refractivity contribution in [2.45, 2.75) is 32.1 Å². The van der Waals surface area contributed by atoms with Gasteiger partial charge in [-0.05, 0) is 41.4 Å². The maximum absolute atomic E-state index is 13.5. The average Bonchev–Trinajstić information content (AvgIpc) is 2.33.